The van der Waals surface area contributed by atoms with Crippen molar-refractivity contribution in [3.63, 3.8) is 0 Å². The summed E-state index contributed by atoms with van der Waals surface area (Å²) in [6, 6.07) is 33.0. The second-order valence-electron chi connectivity index (χ2n) is 8.37. The van der Waals surface area contributed by atoms with Crippen LogP contribution in [-0.4, -0.2) is 31.5 Å². The molecule has 0 N–H and O–H groups in total. The average Bonchev–Trinajstić information content (AvgIpc) is 3.44. The third-order valence-electron chi connectivity index (χ3n) is 6.97. The van der Waals surface area contributed by atoms with Crippen LogP contribution >= 0.6 is 0 Å². The summed E-state index contributed by atoms with van der Waals surface area (Å²) in [5.74, 6) is 0.728. The minimum absolute atomic E-state index is 0.110. The number of methoxy groups -OCH3 is 1. The molecule has 3 heteroatoms. The Labute approximate surface area is 182 Å². The van der Waals surface area contributed by atoms with Gasteiger partial charge in [-0.3, -0.25) is 0 Å². The van der Waals surface area contributed by atoms with Crippen molar-refractivity contribution in [1.82, 2.24) is 0 Å². The zero-order chi connectivity index (χ0) is 20.6. The van der Waals surface area contributed by atoms with Gasteiger partial charge in [-0.1, -0.05) is 0 Å². The molecule has 30 heavy (non-hydrogen) atoms. The summed E-state index contributed by atoms with van der Waals surface area (Å²) in [7, 11) is 1.53. The molecule has 0 spiro atoms. The number of carbonyl (C=O) groups excluding carboxylic acids is 1. The first kappa shape index (κ1) is 19.6. The minimum atomic E-state index is -3.68. The molecule has 3 aromatic rings. The summed E-state index contributed by atoms with van der Waals surface area (Å²) in [6.07, 6.45) is 3.40. The molecule has 150 valence electrons. The summed E-state index contributed by atoms with van der Waals surface area (Å²) < 4.78 is 11.0. The van der Waals surface area contributed by atoms with E-state index in [-0.39, 0.29) is 5.97 Å². The van der Waals surface area contributed by atoms with Crippen molar-refractivity contribution in [3.05, 3.63) is 100 Å². The van der Waals surface area contributed by atoms with Crippen LogP contribution in [0.2, 0.25) is 0 Å². The van der Waals surface area contributed by atoms with Crippen molar-refractivity contribution in [3.8, 4) is 0 Å². The van der Waals surface area contributed by atoms with Crippen molar-refractivity contribution in [2.75, 3.05) is 7.11 Å². The Balaban J connectivity index is 1.93. The SMILES string of the molecule is COC(=O)C1=[C]([Sn]([c]2ccccc2)([c]2ccccc2)[c]2ccccc2)[C@H]2CC[C@@H]1C2. The van der Waals surface area contributed by atoms with Crippen molar-refractivity contribution in [2.24, 2.45) is 11.8 Å². The third kappa shape index (κ3) is 2.96. The van der Waals surface area contributed by atoms with Crippen molar-refractivity contribution < 1.29 is 9.53 Å². The maximum absolute atomic E-state index is 13.1. The van der Waals surface area contributed by atoms with Gasteiger partial charge in [0, 0.05) is 0 Å². The van der Waals surface area contributed by atoms with Crippen LogP contribution in [0.3, 0.4) is 0 Å². The number of esters is 1. The van der Waals surface area contributed by atoms with Gasteiger partial charge in [-0.25, -0.2) is 0 Å². The Morgan fingerprint density at radius 1 is 0.733 bits per heavy atom. The summed E-state index contributed by atoms with van der Waals surface area (Å²) in [5.41, 5.74) is 1.00. The molecule has 0 radical (unpaired) electrons. The van der Waals surface area contributed by atoms with E-state index in [1.165, 1.54) is 27.9 Å². The van der Waals surface area contributed by atoms with E-state index in [9.17, 15) is 4.79 Å². The number of ether oxygens (including phenoxy) is 1. The molecule has 2 bridgehead atoms. The zero-order valence-corrected chi connectivity index (χ0v) is 20.1. The van der Waals surface area contributed by atoms with Gasteiger partial charge >= 0.3 is 183 Å². The van der Waals surface area contributed by atoms with Gasteiger partial charge in [0.05, 0.1) is 0 Å². The number of fused-ring (bicyclic) bond motifs is 2. The summed E-state index contributed by atoms with van der Waals surface area (Å²) >= 11 is -3.68. The first-order valence-corrected chi connectivity index (χ1v) is 16.5. The molecule has 0 aromatic heterocycles. The van der Waals surface area contributed by atoms with Crippen LogP contribution in [0, 0.1) is 11.8 Å². The Morgan fingerprint density at radius 2 is 1.17 bits per heavy atom. The van der Waals surface area contributed by atoms with E-state index in [4.69, 9.17) is 4.74 Å². The molecule has 3 aromatic carbocycles. The second-order valence-corrected chi connectivity index (χ2v) is 19.1. The topological polar surface area (TPSA) is 26.3 Å². The van der Waals surface area contributed by atoms with Gasteiger partial charge in [0.15, 0.2) is 0 Å². The van der Waals surface area contributed by atoms with E-state index in [0.717, 1.165) is 18.4 Å². The summed E-state index contributed by atoms with van der Waals surface area (Å²) in [6.45, 7) is 0. The zero-order valence-electron chi connectivity index (χ0n) is 17.3. The molecule has 0 heterocycles. The van der Waals surface area contributed by atoms with Gasteiger partial charge in [0.25, 0.3) is 0 Å². The standard InChI is InChI=1S/C9H11O2.3C6H5.Sn/c1-11-9(10)8-5-6-2-3-7(8)4-6;3*1-2-4-6-5-3-1;/h6-7H,2-4H2,1H3;3*1-5H;/t6-,7+;;;;/m0..../s1. The Bertz CT molecular complexity index is 977. The molecule has 1 saturated carbocycles. The van der Waals surface area contributed by atoms with E-state index < -0.39 is 18.4 Å². The van der Waals surface area contributed by atoms with Crippen LogP contribution in [-0.2, 0) is 9.53 Å². The van der Waals surface area contributed by atoms with E-state index in [2.05, 4.69) is 91.0 Å². The molecular formula is C27H26O2Sn. The molecule has 2 nitrogen and oxygen atoms in total. The molecule has 2 aliphatic rings. The second kappa shape index (κ2) is 8.07. The molecule has 0 aliphatic heterocycles. The van der Waals surface area contributed by atoms with Crippen molar-refractivity contribution in [2.45, 2.75) is 19.3 Å². The van der Waals surface area contributed by atoms with Gasteiger partial charge < -0.3 is 0 Å². The fourth-order valence-electron chi connectivity index (χ4n) is 5.87. The molecule has 0 unspecified atom stereocenters. The number of hydrogen-bond acceptors (Lipinski definition) is 2. The van der Waals surface area contributed by atoms with E-state index >= 15 is 0 Å². The predicted molar refractivity (Wildman–Crippen MR) is 124 cm³/mol. The van der Waals surface area contributed by atoms with Crippen LogP contribution < -0.4 is 10.7 Å². The Morgan fingerprint density at radius 3 is 1.60 bits per heavy atom. The molecule has 0 amide bonds. The number of rotatable bonds is 5. The van der Waals surface area contributed by atoms with Crippen molar-refractivity contribution >= 4 is 35.1 Å². The Kier molecular flexibility index (Phi) is 5.28. The van der Waals surface area contributed by atoms with Gasteiger partial charge in [-0.2, -0.15) is 0 Å². The molecule has 0 saturated heterocycles. The molecule has 2 aliphatic carbocycles. The fraction of sp³-hybridized carbons (Fsp3) is 0.222. The number of hydrogen-bond donors (Lipinski definition) is 0. The van der Waals surface area contributed by atoms with Crippen molar-refractivity contribution in [1.29, 1.82) is 0 Å². The summed E-state index contributed by atoms with van der Waals surface area (Å²) in [4.78, 5) is 13.1. The van der Waals surface area contributed by atoms with Crippen LogP contribution in [0.15, 0.2) is 100 Å². The van der Waals surface area contributed by atoms with Crippen LogP contribution in [0.5, 0.6) is 0 Å². The van der Waals surface area contributed by atoms with Crippen LogP contribution in [0.25, 0.3) is 0 Å². The van der Waals surface area contributed by atoms with Gasteiger partial charge in [-0.05, 0) is 0 Å². The molecule has 1 fully saturated rings. The number of allylic oxidation sites excluding steroid dienone is 1. The number of carbonyl (C=O) groups is 1. The van der Waals surface area contributed by atoms with Gasteiger partial charge in [0.2, 0.25) is 0 Å². The van der Waals surface area contributed by atoms with Gasteiger partial charge in [0.1, 0.15) is 0 Å². The predicted octanol–water partition coefficient (Wildman–Crippen LogP) is 3.60. The number of benzene rings is 3. The fourth-order valence-corrected chi connectivity index (χ4v) is 21.8. The molecule has 5 rings (SSSR count). The first-order chi connectivity index (χ1) is 14.8. The van der Waals surface area contributed by atoms with E-state index in [0.29, 0.717) is 11.8 Å². The Hall–Kier alpha value is -2.33. The quantitative estimate of drug-likeness (QED) is 0.395. The normalized spacial score (nSPS) is 20.4. The van der Waals surface area contributed by atoms with E-state index in [1.54, 1.807) is 0 Å². The third-order valence-corrected chi connectivity index (χ3v) is 21.5. The van der Waals surface area contributed by atoms with Crippen LogP contribution in [0.1, 0.15) is 19.3 Å². The molecule has 2 atom stereocenters. The average molecular weight is 501 g/mol. The van der Waals surface area contributed by atoms with Gasteiger partial charge in [-0.15, -0.1) is 0 Å². The van der Waals surface area contributed by atoms with Crippen LogP contribution in [0.4, 0.5) is 0 Å². The monoisotopic (exact) mass is 502 g/mol. The van der Waals surface area contributed by atoms with E-state index in [1.807, 2.05) is 0 Å². The maximum atomic E-state index is 13.1. The summed E-state index contributed by atoms with van der Waals surface area (Å²) in [5, 5.41) is 0. The first-order valence-electron chi connectivity index (χ1n) is 10.8. The molecular weight excluding hydrogens is 475 g/mol.